The zero-order valence-corrected chi connectivity index (χ0v) is 13.5. The third-order valence-corrected chi connectivity index (χ3v) is 3.52. The van der Waals surface area contributed by atoms with Crippen LogP contribution in [0.25, 0.3) is 12.2 Å². The molecule has 0 aromatic heterocycles. The van der Waals surface area contributed by atoms with E-state index in [1.54, 1.807) is 6.92 Å². The van der Waals surface area contributed by atoms with E-state index in [1.165, 1.54) is 0 Å². The summed E-state index contributed by atoms with van der Waals surface area (Å²) in [5.41, 5.74) is 3.83. The molecule has 23 heavy (non-hydrogen) atoms. The first-order valence-electron chi connectivity index (χ1n) is 7.77. The van der Waals surface area contributed by atoms with Gasteiger partial charge in [0.15, 0.2) is 0 Å². The average Bonchev–Trinajstić information content (AvgIpc) is 2.54. The lowest BCUT2D eigenvalue weighted by molar-refractivity contribution is -0.145. The van der Waals surface area contributed by atoms with Crippen LogP contribution >= 0.6 is 0 Å². The lowest BCUT2D eigenvalue weighted by Crippen LogP contribution is -2.11. The van der Waals surface area contributed by atoms with E-state index >= 15 is 0 Å². The SMILES string of the molecule is CCOC(=O)C[C@@H](O)c1ccc(C)cc1/C=C/c1ccccc1. The number of aliphatic hydroxyl groups is 1. The van der Waals surface area contributed by atoms with Gasteiger partial charge < -0.3 is 9.84 Å². The Morgan fingerprint density at radius 3 is 2.61 bits per heavy atom. The molecule has 0 amide bonds. The Hall–Kier alpha value is -2.39. The van der Waals surface area contributed by atoms with Crippen molar-refractivity contribution in [3.05, 3.63) is 70.8 Å². The molecule has 3 nitrogen and oxygen atoms in total. The van der Waals surface area contributed by atoms with E-state index in [9.17, 15) is 9.90 Å². The van der Waals surface area contributed by atoms with Gasteiger partial charge in [-0.15, -0.1) is 0 Å². The maximum absolute atomic E-state index is 11.6. The van der Waals surface area contributed by atoms with Gasteiger partial charge in [-0.1, -0.05) is 66.2 Å². The second-order valence-corrected chi connectivity index (χ2v) is 5.40. The van der Waals surface area contributed by atoms with E-state index in [0.717, 1.165) is 22.3 Å². The summed E-state index contributed by atoms with van der Waals surface area (Å²) in [6.45, 7) is 4.08. The van der Waals surface area contributed by atoms with Gasteiger partial charge >= 0.3 is 5.97 Å². The van der Waals surface area contributed by atoms with Gasteiger partial charge in [-0.3, -0.25) is 4.79 Å². The van der Waals surface area contributed by atoms with Crippen LogP contribution < -0.4 is 0 Å². The largest absolute Gasteiger partial charge is 0.466 e. The van der Waals surface area contributed by atoms with Gasteiger partial charge in [-0.25, -0.2) is 0 Å². The first-order valence-corrected chi connectivity index (χ1v) is 7.77. The minimum Gasteiger partial charge on any atom is -0.466 e. The second kappa shape index (κ2) is 8.30. The highest BCUT2D eigenvalue weighted by molar-refractivity contribution is 5.73. The maximum atomic E-state index is 11.6. The van der Waals surface area contributed by atoms with Gasteiger partial charge in [0.2, 0.25) is 0 Å². The van der Waals surface area contributed by atoms with Crippen LogP contribution in [0, 0.1) is 6.92 Å². The summed E-state index contributed by atoms with van der Waals surface area (Å²) in [7, 11) is 0. The molecule has 0 aliphatic carbocycles. The molecule has 1 atom stereocenters. The number of carbonyl (C=O) groups is 1. The summed E-state index contributed by atoms with van der Waals surface area (Å²) >= 11 is 0. The molecular formula is C20H22O3. The van der Waals surface area contributed by atoms with Crippen LogP contribution in [0.2, 0.25) is 0 Å². The number of aryl methyl sites for hydroxylation is 1. The molecule has 0 fully saturated rings. The van der Waals surface area contributed by atoms with E-state index in [2.05, 4.69) is 0 Å². The normalized spacial score (nSPS) is 12.3. The van der Waals surface area contributed by atoms with Gasteiger partial charge in [-0.2, -0.15) is 0 Å². The van der Waals surface area contributed by atoms with Gasteiger partial charge in [0.05, 0.1) is 19.1 Å². The van der Waals surface area contributed by atoms with Crippen molar-refractivity contribution in [2.75, 3.05) is 6.61 Å². The third kappa shape index (κ3) is 5.08. The first kappa shape index (κ1) is 17.0. The molecule has 0 radical (unpaired) electrons. The number of carbonyl (C=O) groups excluding carboxylic acids is 1. The summed E-state index contributed by atoms with van der Waals surface area (Å²) in [4.78, 5) is 11.6. The summed E-state index contributed by atoms with van der Waals surface area (Å²) in [6.07, 6.45) is 3.05. The fourth-order valence-electron chi connectivity index (χ4n) is 2.38. The third-order valence-electron chi connectivity index (χ3n) is 3.52. The predicted molar refractivity (Wildman–Crippen MR) is 92.8 cm³/mol. The minimum atomic E-state index is -0.870. The Morgan fingerprint density at radius 1 is 1.17 bits per heavy atom. The molecular weight excluding hydrogens is 288 g/mol. The zero-order valence-electron chi connectivity index (χ0n) is 13.5. The smallest absolute Gasteiger partial charge is 0.308 e. The number of hydrogen-bond acceptors (Lipinski definition) is 3. The van der Waals surface area contributed by atoms with Crippen molar-refractivity contribution in [2.45, 2.75) is 26.4 Å². The van der Waals surface area contributed by atoms with Crippen LogP contribution in [0.1, 0.15) is 41.7 Å². The van der Waals surface area contributed by atoms with E-state index < -0.39 is 12.1 Å². The molecule has 0 heterocycles. The van der Waals surface area contributed by atoms with Crippen molar-refractivity contribution in [3.8, 4) is 0 Å². The molecule has 0 aliphatic heterocycles. The topological polar surface area (TPSA) is 46.5 Å². The lowest BCUT2D eigenvalue weighted by Gasteiger charge is -2.14. The summed E-state index contributed by atoms with van der Waals surface area (Å²) < 4.78 is 4.91. The fraction of sp³-hybridized carbons (Fsp3) is 0.250. The van der Waals surface area contributed by atoms with Gasteiger partial charge in [0, 0.05) is 0 Å². The standard InChI is InChI=1S/C20H22O3/c1-3-23-20(22)14-19(21)18-12-9-15(2)13-17(18)11-10-16-7-5-4-6-8-16/h4-13,19,21H,3,14H2,1-2H3/b11-10+/t19-/m1/s1. The summed E-state index contributed by atoms with van der Waals surface area (Å²) in [6, 6.07) is 15.8. The number of ether oxygens (including phenoxy) is 1. The molecule has 0 spiro atoms. The molecule has 1 N–H and O–H groups in total. The van der Waals surface area contributed by atoms with Crippen LogP contribution in [0.4, 0.5) is 0 Å². The minimum absolute atomic E-state index is 0.0386. The Morgan fingerprint density at radius 2 is 1.91 bits per heavy atom. The molecule has 3 heteroatoms. The van der Waals surface area contributed by atoms with Crippen molar-refractivity contribution in [3.63, 3.8) is 0 Å². The van der Waals surface area contributed by atoms with Crippen LogP contribution in [0.3, 0.4) is 0 Å². The number of aliphatic hydroxyl groups excluding tert-OH is 1. The molecule has 0 aliphatic rings. The van der Waals surface area contributed by atoms with Crippen LogP contribution in [-0.4, -0.2) is 17.7 Å². The molecule has 120 valence electrons. The Kier molecular flexibility index (Phi) is 6.12. The van der Waals surface area contributed by atoms with Gasteiger partial charge in [0.25, 0.3) is 0 Å². The van der Waals surface area contributed by atoms with E-state index in [0.29, 0.717) is 6.61 Å². The second-order valence-electron chi connectivity index (χ2n) is 5.40. The molecule has 2 aromatic carbocycles. The Bertz CT molecular complexity index is 675. The highest BCUT2D eigenvalue weighted by Gasteiger charge is 2.16. The van der Waals surface area contributed by atoms with Crippen molar-refractivity contribution in [1.29, 1.82) is 0 Å². The Labute approximate surface area is 137 Å². The molecule has 0 saturated heterocycles. The summed E-state index contributed by atoms with van der Waals surface area (Å²) in [5, 5.41) is 10.4. The number of benzene rings is 2. The predicted octanol–water partition coefficient (Wildman–Crippen LogP) is 4.15. The highest BCUT2D eigenvalue weighted by Crippen LogP contribution is 2.24. The number of esters is 1. The highest BCUT2D eigenvalue weighted by atomic mass is 16.5. The zero-order chi connectivity index (χ0) is 16.7. The quantitative estimate of drug-likeness (QED) is 0.644. The van der Waals surface area contributed by atoms with Crippen LogP contribution in [0.5, 0.6) is 0 Å². The van der Waals surface area contributed by atoms with Gasteiger partial charge in [0.1, 0.15) is 0 Å². The summed E-state index contributed by atoms with van der Waals surface area (Å²) in [5.74, 6) is -0.390. The van der Waals surface area contributed by atoms with Crippen molar-refractivity contribution in [2.24, 2.45) is 0 Å². The Balaban J connectivity index is 2.23. The lowest BCUT2D eigenvalue weighted by atomic mass is 9.97. The van der Waals surface area contributed by atoms with Gasteiger partial charge in [-0.05, 0) is 30.5 Å². The fourth-order valence-corrected chi connectivity index (χ4v) is 2.38. The van der Waals surface area contributed by atoms with E-state index in [4.69, 9.17) is 4.74 Å². The molecule has 0 bridgehead atoms. The monoisotopic (exact) mass is 310 g/mol. The number of hydrogen-bond donors (Lipinski definition) is 1. The molecule has 2 aromatic rings. The average molecular weight is 310 g/mol. The molecule has 2 rings (SSSR count). The molecule has 0 unspecified atom stereocenters. The van der Waals surface area contributed by atoms with Crippen LogP contribution in [0.15, 0.2) is 48.5 Å². The van der Waals surface area contributed by atoms with E-state index in [-0.39, 0.29) is 6.42 Å². The van der Waals surface area contributed by atoms with Crippen molar-refractivity contribution < 1.29 is 14.6 Å². The van der Waals surface area contributed by atoms with Crippen molar-refractivity contribution in [1.82, 2.24) is 0 Å². The maximum Gasteiger partial charge on any atom is 0.308 e. The first-order chi connectivity index (χ1) is 11.1. The van der Waals surface area contributed by atoms with Crippen LogP contribution in [-0.2, 0) is 9.53 Å². The number of rotatable bonds is 6. The molecule has 0 saturated carbocycles. The van der Waals surface area contributed by atoms with E-state index in [1.807, 2.05) is 67.6 Å². The van der Waals surface area contributed by atoms with Crippen molar-refractivity contribution >= 4 is 18.1 Å².